The fourth-order valence-electron chi connectivity index (χ4n) is 3.68. The molecule has 166 valence electrons. The Balaban J connectivity index is 1.79. The molecule has 0 unspecified atom stereocenters. The molecule has 3 rings (SSSR count). The number of rotatable bonds is 5. The molecule has 3 N–H and O–H groups in total. The lowest BCUT2D eigenvalue weighted by atomic mass is 10.1. The summed E-state index contributed by atoms with van der Waals surface area (Å²) in [4.78, 5) is 23.2. The van der Waals surface area contributed by atoms with Crippen molar-refractivity contribution >= 4 is 23.3 Å². The van der Waals surface area contributed by atoms with Crippen LogP contribution < -0.4 is 10.6 Å². The number of nitrogens with one attached hydrogen (secondary N) is 2. The summed E-state index contributed by atoms with van der Waals surface area (Å²) in [5.41, 5.74) is 0.679. The molecule has 1 atom stereocenters. The number of aromatic hydroxyl groups is 1. The van der Waals surface area contributed by atoms with Crippen LogP contribution in [0.25, 0.3) is 0 Å². The first-order chi connectivity index (χ1) is 15.0. The maximum atomic E-state index is 12.8. The number of aryl methyl sites for hydroxylation is 1. The summed E-state index contributed by atoms with van der Waals surface area (Å²) in [6, 6.07) is 8.89. The van der Waals surface area contributed by atoms with Gasteiger partial charge >= 0.3 is 0 Å². The first-order valence-corrected chi connectivity index (χ1v) is 10.6. The maximum absolute atomic E-state index is 12.8. The smallest absolute Gasteiger partial charge is 0.257 e. The average Bonchev–Trinajstić information content (AvgIpc) is 3.46. The third kappa shape index (κ3) is 5.07. The molecule has 31 heavy (non-hydrogen) atoms. The number of carbonyl (C=O) groups is 1. The molecule has 1 aliphatic rings. The van der Waals surface area contributed by atoms with Crippen molar-refractivity contribution in [3.8, 4) is 5.75 Å². The number of benzene rings is 1. The minimum atomic E-state index is -0.157. The fourth-order valence-corrected chi connectivity index (χ4v) is 3.68. The Kier molecular flexibility index (Phi) is 7.33. The number of phenolic OH excluding ortho intramolecular Hbond substituents is 1. The number of anilines is 1. The van der Waals surface area contributed by atoms with E-state index < -0.39 is 0 Å². The second-order valence-electron chi connectivity index (χ2n) is 7.52. The second kappa shape index (κ2) is 10.1. The quantitative estimate of drug-likeness (QED) is 0.385. The van der Waals surface area contributed by atoms with E-state index in [-0.39, 0.29) is 23.3 Å². The molecule has 0 aliphatic carbocycles. The van der Waals surface area contributed by atoms with Crippen molar-refractivity contribution in [2.45, 2.75) is 39.2 Å². The fraction of sp³-hybridized carbons (Fsp3) is 0.435. The van der Waals surface area contributed by atoms with Gasteiger partial charge in [0.2, 0.25) is 0 Å². The van der Waals surface area contributed by atoms with E-state index in [2.05, 4.69) is 27.5 Å². The number of para-hydroxylation sites is 1. The molecular weight excluding hydrogens is 394 g/mol. The third-order valence-corrected chi connectivity index (χ3v) is 5.41. The minimum absolute atomic E-state index is 0.0809. The summed E-state index contributed by atoms with van der Waals surface area (Å²) in [5.74, 6) is 2.39. The predicted octanol–water partition coefficient (Wildman–Crippen LogP) is 3.74. The van der Waals surface area contributed by atoms with Gasteiger partial charge in [-0.05, 0) is 50.5 Å². The number of likely N-dealkylation sites (tertiary alicyclic amines) is 1. The highest BCUT2D eigenvalue weighted by Gasteiger charge is 2.24. The zero-order valence-corrected chi connectivity index (χ0v) is 18.6. The van der Waals surface area contributed by atoms with E-state index in [1.807, 2.05) is 19.1 Å². The van der Waals surface area contributed by atoms with Crippen LogP contribution >= 0.6 is 0 Å². The number of carbonyl (C=O) groups excluding carboxylic acids is 1. The lowest BCUT2D eigenvalue weighted by Crippen LogP contribution is -2.38. The second-order valence-corrected chi connectivity index (χ2v) is 7.52. The number of phenols is 1. The molecule has 1 amide bonds. The number of furan rings is 1. The van der Waals surface area contributed by atoms with Gasteiger partial charge in [0, 0.05) is 27.2 Å². The van der Waals surface area contributed by atoms with Crippen molar-refractivity contribution in [2.75, 3.05) is 32.5 Å². The third-order valence-electron chi connectivity index (χ3n) is 5.41. The van der Waals surface area contributed by atoms with E-state index in [0.717, 1.165) is 43.9 Å². The Morgan fingerprint density at radius 1 is 1.16 bits per heavy atom. The summed E-state index contributed by atoms with van der Waals surface area (Å²) in [6.07, 6.45) is 2.77. The van der Waals surface area contributed by atoms with E-state index in [9.17, 15) is 9.90 Å². The molecule has 1 aromatic heterocycles. The number of amides is 1. The first-order valence-electron chi connectivity index (χ1n) is 10.6. The van der Waals surface area contributed by atoms with Gasteiger partial charge in [0.15, 0.2) is 17.4 Å². The summed E-state index contributed by atoms with van der Waals surface area (Å²) in [7, 11) is 3.31. The molecule has 1 aromatic carbocycles. The number of aliphatic imine (C=N–C) groups is 2. The van der Waals surface area contributed by atoms with Crippen molar-refractivity contribution in [1.82, 2.24) is 10.2 Å². The van der Waals surface area contributed by atoms with E-state index in [4.69, 9.17) is 4.42 Å². The van der Waals surface area contributed by atoms with Crippen LogP contribution in [0.3, 0.4) is 0 Å². The van der Waals surface area contributed by atoms with Gasteiger partial charge < -0.3 is 25.1 Å². The van der Waals surface area contributed by atoms with E-state index >= 15 is 0 Å². The van der Waals surface area contributed by atoms with Gasteiger partial charge in [-0.25, -0.2) is 0 Å². The Labute approximate surface area is 183 Å². The maximum Gasteiger partial charge on any atom is 0.257 e. The minimum Gasteiger partial charge on any atom is -0.505 e. The Morgan fingerprint density at radius 2 is 1.87 bits per heavy atom. The molecule has 0 saturated carbocycles. The Morgan fingerprint density at radius 3 is 2.45 bits per heavy atom. The molecule has 2 heterocycles. The molecule has 2 aromatic rings. The van der Waals surface area contributed by atoms with Crippen molar-refractivity contribution < 1.29 is 14.3 Å². The van der Waals surface area contributed by atoms with Crippen LogP contribution in [-0.4, -0.2) is 54.8 Å². The van der Waals surface area contributed by atoms with Crippen molar-refractivity contribution in [3.05, 3.63) is 47.4 Å². The molecular formula is C23H31N5O3. The normalized spacial score (nSPS) is 15.8. The molecule has 1 aliphatic heterocycles. The lowest BCUT2D eigenvalue weighted by molar-refractivity contribution is 0.0790. The monoisotopic (exact) mass is 425 g/mol. The van der Waals surface area contributed by atoms with Crippen LogP contribution in [0.4, 0.5) is 5.69 Å². The van der Waals surface area contributed by atoms with Crippen LogP contribution in [0.15, 0.2) is 44.7 Å². The largest absolute Gasteiger partial charge is 0.505 e. The number of amidine groups is 2. The zero-order valence-electron chi connectivity index (χ0n) is 18.6. The van der Waals surface area contributed by atoms with Gasteiger partial charge in [-0.1, -0.05) is 13.0 Å². The van der Waals surface area contributed by atoms with E-state index in [0.29, 0.717) is 17.4 Å². The topological polar surface area (TPSA) is 102 Å². The summed E-state index contributed by atoms with van der Waals surface area (Å²) in [5, 5.41) is 17.3. The summed E-state index contributed by atoms with van der Waals surface area (Å²) in [6.45, 7) is 5.40. The number of nitrogens with zero attached hydrogens (tertiary/aromatic N) is 3. The van der Waals surface area contributed by atoms with Crippen LogP contribution in [-0.2, 0) is 0 Å². The highest BCUT2D eigenvalue weighted by molar-refractivity contribution is 6.44. The molecule has 1 fully saturated rings. The highest BCUT2D eigenvalue weighted by atomic mass is 16.3. The Hall–Kier alpha value is -3.29. The van der Waals surface area contributed by atoms with Crippen molar-refractivity contribution in [3.63, 3.8) is 0 Å². The van der Waals surface area contributed by atoms with Crippen LogP contribution in [0.5, 0.6) is 5.75 Å². The number of hydrogen-bond donors (Lipinski definition) is 3. The molecule has 0 radical (unpaired) electrons. The van der Waals surface area contributed by atoms with E-state index in [1.165, 1.54) is 0 Å². The molecule has 8 heteroatoms. The van der Waals surface area contributed by atoms with Crippen LogP contribution in [0.1, 0.15) is 54.1 Å². The molecule has 8 nitrogen and oxygen atoms in total. The van der Waals surface area contributed by atoms with Gasteiger partial charge in [0.05, 0.1) is 17.3 Å². The predicted molar refractivity (Wildman–Crippen MR) is 123 cm³/mol. The van der Waals surface area contributed by atoms with E-state index in [1.54, 1.807) is 37.2 Å². The Bertz CT molecular complexity index is 973. The van der Waals surface area contributed by atoms with Gasteiger partial charge in [-0.15, -0.1) is 0 Å². The first kappa shape index (κ1) is 22.4. The average molecular weight is 426 g/mol. The number of hydrogen-bond acceptors (Lipinski definition) is 5. The standard InChI is InChI=1S/C23H31N5O3/c1-5-17(19-12-11-15(2)31-19)26-21(24-3)22(25-4)27-18-10-8-9-16(20(18)29)23(30)28-13-6-7-14-28/h8-12,17,29H,5-7,13-14H2,1-4H3,(H,24,26)(H,25,27)/t17-/m1/s1. The van der Waals surface area contributed by atoms with Crippen LogP contribution in [0.2, 0.25) is 0 Å². The molecule has 1 saturated heterocycles. The van der Waals surface area contributed by atoms with Crippen molar-refractivity contribution in [1.29, 1.82) is 0 Å². The van der Waals surface area contributed by atoms with Gasteiger partial charge in [-0.3, -0.25) is 14.8 Å². The SMILES string of the molecule is CC[C@@H](NC(=NC)C(=NC)Nc1cccc(C(=O)N2CCCC2)c1O)c1ccc(C)o1. The zero-order chi connectivity index (χ0) is 22.4. The molecule has 0 bridgehead atoms. The summed E-state index contributed by atoms with van der Waals surface area (Å²) < 4.78 is 5.76. The lowest BCUT2D eigenvalue weighted by Gasteiger charge is -2.21. The van der Waals surface area contributed by atoms with Gasteiger partial charge in [0.1, 0.15) is 11.5 Å². The van der Waals surface area contributed by atoms with Gasteiger partial charge in [-0.2, -0.15) is 0 Å². The molecule has 0 spiro atoms. The highest BCUT2D eigenvalue weighted by Crippen LogP contribution is 2.29. The summed E-state index contributed by atoms with van der Waals surface area (Å²) >= 11 is 0. The van der Waals surface area contributed by atoms with Crippen molar-refractivity contribution in [2.24, 2.45) is 9.98 Å². The van der Waals surface area contributed by atoms with Gasteiger partial charge in [0.25, 0.3) is 5.91 Å². The van der Waals surface area contributed by atoms with Crippen LogP contribution in [0, 0.1) is 6.92 Å².